The molecule has 0 saturated heterocycles. The van der Waals surface area contributed by atoms with Crippen LogP contribution in [-0.4, -0.2) is 13.4 Å². The van der Waals surface area contributed by atoms with Gasteiger partial charge in [-0.15, -0.1) is 11.3 Å². The molecular weight excluding hydrogens is 282 g/mol. The van der Waals surface area contributed by atoms with Crippen molar-refractivity contribution < 1.29 is 8.42 Å². The van der Waals surface area contributed by atoms with Crippen molar-refractivity contribution in [1.29, 1.82) is 0 Å². The summed E-state index contributed by atoms with van der Waals surface area (Å²) in [4.78, 5) is 5.16. The number of nitrogens with two attached hydrogens (primary N) is 1. The first-order chi connectivity index (χ1) is 8.92. The van der Waals surface area contributed by atoms with Crippen LogP contribution >= 0.6 is 11.3 Å². The molecule has 1 aromatic heterocycles. The van der Waals surface area contributed by atoms with Gasteiger partial charge in [-0.25, -0.2) is 13.4 Å². The second-order valence-corrected chi connectivity index (χ2v) is 6.99. The summed E-state index contributed by atoms with van der Waals surface area (Å²) >= 11 is 1.29. The molecule has 102 valence electrons. The molecule has 1 aromatic carbocycles. The molecule has 3 N–H and O–H groups in total. The fourth-order valence-electron chi connectivity index (χ4n) is 1.69. The van der Waals surface area contributed by atoms with Gasteiger partial charge in [0.15, 0.2) is 5.13 Å². The molecule has 2 rings (SSSR count). The lowest BCUT2D eigenvalue weighted by atomic mass is 10.1. The number of aryl methyl sites for hydroxylation is 2. The number of thiazole rings is 1. The number of anilines is 2. The maximum absolute atomic E-state index is 12.3. The van der Waals surface area contributed by atoms with E-state index in [4.69, 9.17) is 5.73 Å². The zero-order valence-electron chi connectivity index (χ0n) is 10.7. The number of nitrogens with zero attached hydrogens (tertiary/aromatic N) is 1. The van der Waals surface area contributed by atoms with Crippen molar-refractivity contribution in [3.05, 3.63) is 34.8 Å². The van der Waals surface area contributed by atoms with E-state index in [1.54, 1.807) is 18.3 Å². The smallest absolute Gasteiger partial charge is 0.264 e. The van der Waals surface area contributed by atoms with E-state index < -0.39 is 10.0 Å². The van der Waals surface area contributed by atoms with Crippen molar-refractivity contribution in [1.82, 2.24) is 4.98 Å². The molecule has 0 fully saturated rings. The van der Waals surface area contributed by atoms with Crippen molar-refractivity contribution in [3.63, 3.8) is 0 Å². The Morgan fingerprint density at radius 2 is 2.16 bits per heavy atom. The quantitative estimate of drug-likeness (QED) is 0.849. The van der Waals surface area contributed by atoms with Crippen LogP contribution in [0.15, 0.2) is 29.3 Å². The molecule has 0 radical (unpaired) electrons. The molecule has 2 aromatic rings. The predicted molar refractivity (Wildman–Crippen MR) is 77.9 cm³/mol. The lowest BCUT2D eigenvalue weighted by Gasteiger charge is -2.10. The maximum Gasteiger partial charge on any atom is 0.264 e. The zero-order valence-corrected chi connectivity index (χ0v) is 12.3. The minimum atomic E-state index is -3.65. The molecular formula is C12H15N3O2S2. The number of nitrogen functional groups attached to an aromatic ring is 1. The Bertz CT molecular complexity index is 693. The van der Waals surface area contributed by atoms with Gasteiger partial charge in [-0.05, 0) is 31.0 Å². The van der Waals surface area contributed by atoms with Crippen LogP contribution in [0.1, 0.15) is 17.4 Å². The van der Waals surface area contributed by atoms with Crippen molar-refractivity contribution in [2.45, 2.75) is 25.2 Å². The first kappa shape index (κ1) is 13.8. The van der Waals surface area contributed by atoms with Gasteiger partial charge in [0.2, 0.25) is 0 Å². The molecule has 0 aliphatic rings. The molecule has 5 nitrogen and oxygen atoms in total. The van der Waals surface area contributed by atoms with Gasteiger partial charge in [-0.1, -0.05) is 13.0 Å². The first-order valence-corrected chi connectivity index (χ1v) is 8.06. The molecule has 7 heteroatoms. The Morgan fingerprint density at radius 1 is 1.42 bits per heavy atom. The fourth-order valence-corrected chi connectivity index (χ4v) is 3.94. The van der Waals surface area contributed by atoms with Gasteiger partial charge < -0.3 is 5.73 Å². The number of nitrogens with one attached hydrogen (secondary N) is 1. The Labute approximate surface area is 116 Å². The molecule has 0 saturated carbocycles. The lowest BCUT2D eigenvalue weighted by Crippen LogP contribution is -2.15. The van der Waals surface area contributed by atoms with Crippen LogP contribution in [0.4, 0.5) is 10.8 Å². The summed E-state index contributed by atoms with van der Waals surface area (Å²) < 4.78 is 27.2. The average Bonchev–Trinajstić information content (AvgIpc) is 2.74. The molecule has 0 amide bonds. The minimum Gasteiger partial charge on any atom is -0.399 e. The monoisotopic (exact) mass is 297 g/mol. The minimum absolute atomic E-state index is 0.211. The topological polar surface area (TPSA) is 85.1 Å². The van der Waals surface area contributed by atoms with Gasteiger partial charge in [0, 0.05) is 16.8 Å². The molecule has 0 bridgehead atoms. The van der Waals surface area contributed by atoms with E-state index in [0.717, 1.165) is 10.4 Å². The Hall–Kier alpha value is -1.60. The molecule has 1 heterocycles. The van der Waals surface area contributed by atoms with E-state index in [-0.39, 0.29) is 4.90 Å². The van der Waals surface area contributed by atoms with Gasteiger partial charge >= 0.3 is 0 Å². The van der Waals surface area contributed by atoms with Crippen molar-refractivity contribution in [2.75, 3.05) is 10.5 Å². The van der Waals surface area contributed by atoms with Gasteiger partial charge in [0.25, 0.3) is 10.0 Å². The first-order valence-electron chi connectivity index (χ1n) is 5.76. The van der Waals surface area contributed by atoms with Crippen LogP contribution in [0, 0.1) is 6.92 Å². The van der Waals surface area contributed by atoms with E-state index in [9.17, 15) is 8.42 Å². The highest BCUT2D eigenvalue weighted by Crippen LogP contribution is 2.24. The molecule has 0 aliphatic heterocycles. The molecule has 0 spiro atoms. The molecule has 0 unspecified atom stereocenters. The van der Waals surface area contributed by atoms with Crippen LogP contribution in [0.3, 0.4) is 0 Å². The standard InChI is InChI=1S/C12H15N3O2S2/c1-3-9-4-5-10(13)6-11(9)19(16,17)15-12-14-7-8(2)18-12/h4-7H,3,13H2,1-2H3,(H,14,15). The second-order valence-electron chi connectivity index (χ2n) is 4.10. The average molecular weight is 297 g/mol. The van der Waals surface area contributed by atoms with Crippen LogP contribution in [0.2, 0.25) is 0 Å². The van der Waals surface area contributed by atoms with E-state index in [2.05, 4.69) is 9.71 Å². The number of rotatable bonds is 4. The normalized spacial score (nSPS) is 11.5. The van der Waals surface area contributed by atoms with Gasteiger partial charge in [-0.3, -0.25) is 4.72 Å². The third kappa shape index (κ3) is 3.05. The van der Waals surface area contributed by atoms with Crippen molar-refractivity contribution in [3.8, 4) is 0 Å². The molecule has 0 aliphatic carbocycles. The Balaban J connectivity index is 2.41. The summed E-state index contributed by atoms with van der Waals surface area (Å²) in [7, 11) is -3.65. The third-order valence-corrected chi connectivity index (χ3v) is 4.98. The molecule has 19 heavy (non-hydrogen) atoms. The van der Waals surface area contributed by atoms with Crippen LogP contribution in [0.5, 0.6) is 0 Å². The fraction of sp³-hybridized carbons (Fsp3) is 0.250. The number of aromatic nitrogens is 1. The van der Waals surface area contributed by atoms with Crippen molar-refractivity contribution >= 4 is 32.2 Å². The summed E-state index contributed by atoms with van der Waals surface area (Å²) in [5, 5.41) is 0.363. The summed E-state index contributed by atoms with van der Waals surface area (Å²) in [6.07, 6.45) is 2.25. The third-order valence-electron chi connectivity index (χ3n) is 2.60. The SMILES string of the molecule is CCc1ccc(N)cc1S(=O)(=O)Nc1ncc(C)s1. The highest BCUT2D eigenvalue weighted by molar-refractivity contribution is 7.93. The number of hydrogen-bond donors (Lipinski definition) is 2. The van der Waals surface area contributed by atoms with Crippen LogP contribution in [-0.2, 0) is 16.4 Å². The highest BCUT2D eigenvalue weighted by atomic mass is 32.2. The maximum atomic E-state index is 12.3. The van der Waals surface area contributed by atoms with Gasteiger partial charge in [0.05, 0.1) is 4.90 Å². The lowest BCUT2D eigenvalue weighted by molar-refractivity contribution is 0.600. The van der Waals surface area contributed by atoms with Gasteiger partial charge in [0.1, 0.15) is 0 Å². The summed E-state index contributed by atoms with van der Waals surface area (Å²) in [6, 6.07) is 4.91. The largest absolute Gasteiger partial charge is 0.399 e. The van der Waals surface area contributed by atoms with E-state index >= 15 is 0 Å². The van der Waals surface area contributed by atoms with Crippen LogP contribution in [0.25, 0.3) is 0 Å². The summed E-state index contributed by atoms with van der Waals surface area (Å²) in [6.45, 7) is 3.77. The van der Waals surface area contributed by atoms with E-state index in [0.29, 0.717) is 17.2 Å². The number of sulfonamides is 1. The second kappa shape index (κ2) is 5.18. The van der Waals surface area contributed by atoms with Gasteiger partial charge in [-0.2, -0.15) is 0 Å². The van der Waals surface area contributed by atoms with E-state index in [1.165, 1.54) is 17.4 Å². The predicted octanol–water partition coefficient (Wildman–Crippen LogP) is 2.40. The van der Waals surface area contributed by atoms with E-state index in [1.807, 2.05) is 13.8 Å². The summed E-state index contributed by atoms with van der Waals surface area (Å²) in [5.74, 6) is 0. The number of benzene rings is 1. The molecule has 0 atom stereocenters. The highest BCUT2D eigenvalue weighted by Gasteiger charge is 2.19. The number of hydrogen-bond acceptors (Lipinski definition) is 5. The Morgan fingerprint density at radius 3 is 2.74 bits per heavy atom. The summed E-state index contributed by atoms with van der Waals surface area (Å²) in [5.41, 5.74) is 6.83. The van der Waals surface area contributed by atoms with Crippen molar-refractivity contribution in [2.24, 2.45) is 0 Å². The Kier molecular flexibility index (Phi) is 3.77. The zero-order chi connectivity index (χ0) is 14.0. The van der Waals surface area contributed by atoms with Crippen LogP contribution < -0.4 is 10.5 Å².